The van der Waals surface area contributed by atoms with Crippen LogP contribution in [0.2, 0.25) is 0 Å². The summed E-state index contributed by atoms with van der Waals surface area (Å²) in [5.41, 5.74) is 0.522. The van der Waals surface area contributed by atoms with Crippen LogP contribution in [0.4, 0.5) is 5.95 Å². The molecule has 30 heavy (non-hydrogen) atoms. The fourth-order valence-corrected chi connectivity index (χ4v) is 5.10. The lowest BCUT2D eigenvalue weighted by molar-refractivity contribution is -0.131. The molecule has 3 heterocycles. The molecule has 0 unspecified atom stereocenters. The molecule has 1 amide bonds. The molecule has 1 saturated carbocycles. The van der Waals surface area contributed by atoms with Crippen molar-refractivity contribution in [1.29, 1.82) is 0 Å². The maximum Gasteiger partial charge on any atom is 0.225 e. The Bertz CT molecular complexity index is 724. The van der Waals surface area contributed by atoms with Crippen molar-refractivity contribution in [2.75, 3.05) is 57.3 Å². The van der Waals surface area contributed by atoms with E-state index in [0.717, 1.165) is 57.7 Å². The lowest BCUT2D eigenvalue weighted by Crippen LogP contribution is -2.49. The average Bonchev–Trinajstić information content (AvgIpc) is 3.43. The molecule has 0 bridgehead atoms. The van der Waals surface area contributed by atoms with E-state index >= 15 is 0 Å². The highest BCUT2D eigenvalue weighted by Crippen LogP contribution is 2.45. The van der Waals surface area contributed by atoms with Crippen LogP contribution in [0.1, 0.15) is 45.4 Å². The topological polar surface area (TPSA) is 77.0 Å². The van der Waals surface area contributed by atoms with E-state index in [1.165, 1.54) is 32.1 Å². The molecule has 3 aliphatic rings. The van der Waals surface area contributed by atoms with Gasteiger partial charge in [0.1, 0.15) is 0 Å². The number of aromatic nitrogens is 2. The lowest BCUT2D eigenvalue weighted by atomic mass is 9.86. The van der Waals surface area contributed by atoms with Crippen molar-refractivity contribution in [2.45, 2.75) is 45.4 Å². The molecule has 164 valence electrons. The molecule has 1 aliphatic carbocycles. The van der Waals surface area contributed by atoms with E-state index in [0.29, 0.717) is 18.4 Å². The van der Waals surface area contributed by atoms with Crippen molar-refractivity contribution in [3.63, 3.8) is 0 Å². The van der Waals surface area contributed by atoms with Crippen molar-refractivity contribution in [2.24, 2.45) is 10.4 Å². The SMILES string of the molecule is CCNC(=NCCC(=O)N1CCN(c2ncccn2)CC1)N1CCC2(CCCC2)C1. The number of hydrogen-bond acceptors (Lipinski definition) is 5. The third-order valence-electron chi connectivity index (χ3n) is 6.79. The first-order valence-electron chi connectivity index (χ1n) is 11.5. The summed E-state index contributed by atoms with van der Waals surface area (Å²) >= 11 is 0. The van der Waals surface area contributed by atoms with Crippen molar-refractivity contribution in [3.05, 3.63) is 18.5 Å². The van der Waals surface area contributed by atoms with Gasteiger partial charge in [0.05, 0.1) is 6.54 Å². The van der Waals surface area contributed by atoms with E-state index in [2.05, 4.69) is 32.0 Å². The number of anilines is 1. The van der Waals surface area contributed by atoms with Crippen molar-refractivity contribution < 1.29 is 4.79 Å². The number of rotatable bonds is 5. The van der Waals surface area contributed by atoms with Gasteiger partial charge in [-0.25, -0.2) is 9.97 Å². The molecule has 8 nitrogen and oxygen atoms in total. The van der Waals surface area contributed by atoms with Gasteiger partial charge < -0.3 is 20.0 Å². The molecule has 2 aliphatic heterocycles. The van der Waals surface area contributed by atoms with Gasteiger partial charge in [-0.15, -0.1) is 0 Å². The van der Waals surface area contributed by atoms with Gasteiger partial charge in [0.25, 0.3) is 0 Å². The smallest absolute Gasteiger partial charge is 0.225 e. The lowest BCUT2D eigenvalue weighted by Gasteiger charge is -2.34. The number of carbonyl (C=O) groups is 1. The predicted octanol–water partition coefficient (Wildman–Crippen LogP) is 1.75. The summed E-state index contributed by atoms with van der Waals surface area (Å²) in [5, 5.41) is 3.44. The minimum atomic E-state index is 0.192. The third-order valence-corrected chi connectivity index (χ3v) is 6.79. The van der Waals surface area contributed by atoms with E-state index in [4.69, 9.17) is 4.99 Å². The van der Waals surface area contributed by atoms with E-state index in [1.807, 2.05) is 11.0 Å². The molecule has 1 aromatic rings. The zero-order chi connectivity index (χ0) is 20.8. The highest BCUT2D eigenvalue weighted by molar-refractivity contribution is 5.81. The molecule has 0 atom stereocenters. The van der Waals surface area contributed by atoms with E-state index in [1.54, 1.807) is 12.4 Å². The number of aliphatic imine (C=N–C) groups is 1. The zero-order valence-electron chi connectivity index (χ0n) is 18.2. The number of nitrogens with one attached hydrogen (secondary N) is 1. The first-order valence-corrected chi connectivity index (χ1v) is 11.5. The minimum absolute atomic E-state index is 0.192. The Kier molecular flexibility index (Phi) is 6.69. The van der Waals surface area contributed by atoms with Crippen LogP contribution in [0.15, 0.2) is 23.5 Å². The van der Waals surface area contributed by atoms with Crippen LogP contribution in [0, 0.1) is 5.41 Å². The molecule has 2 saturated heterocycles. The second-order valence-electron chi connectivity index (χ2n) is 8.78. The Morgan fingerprint density at radius 3 is 2.50 bits per heavy atom. The molecule has 0 radical (unpaired) electrons. The molecule has 1 N–H and O–H groups in total. The first-order chi connectivity index (χ1) is 14.7. The van der Waals surface area contributed by atoms with Gasteiger partial charge in [-0.3, -0.25) is 9.79 Å². The quantitative estimate of drug-likeness (QED) is 0.585. The van der Waals surface area contributed by atoms with Crippen molar-refractivity contribution in [3.8, 4) is 0 Å². The van der Waals surface area contributed by atoms with E-state index in [-0.39, 0.29) is 5.91 Å². The van der Waals surface area contributed by atoms with Gasteiger partial charge >= 0.3 is 0 Å². The largest absolute Gasteiger partial charge is 0.357 e. The standard InChI is InChI=1S/C22H35N7O/c1-2-23-20(29-13-9-22(18-29)7-3-4-8-22)26-12-6-19(30)27-14-16-28(17-15-27)21-24-10-5-11-25-21/h5,10-11H,2-4,6-9,12-18H2,1H3,(H,23,26). The molecular formula is C22H35N7O. The van der Waals surface area contributed by atoms with Gasteiger partial charge in [0, 0.05) is 64.6 Å². The third kappa shape index (κ3) is 4.84. The van der Waals surface area contributed by atoms with Crippen LogP contribution in [0.5, 0.6) is 0 Å². The number of piperazine rings is 1. The Hall–Kier alpha value is -2.38. The molecule has 1 aromatic heterocycles. The molecule has 8 heteroatoms. The number of amides is 1. The van der Waals surface area contributed by atoms with E-state index in [9.17, 15) is 4.79 Å². The Balaban J connectivity index is 1.25. The highest BCUT2D eigenvalue weighted by Gasteiger charge is 2.41. The van der Waals surface area contributed by atoms with Gasteiger partial charge in [0.15, 0.2) is 5.96 Å². The number of hydrogen-bond donors (Lipinski definition) is 1. The summed E-state index contributed by atoms with van der Waals surface area (Å²) < 4.78 is 0. The van der Waals surface area contributed by atoms with Gasteiger partial charge in [-0.05, 0) is 37.7 Å². The Morgan fingerprint density at radius 2 is 1.80 bits per heavy atom. The predicted molar refractivity (Wildman–Crippen MR) is 119 cm³/mol. The second kappa shape index (κ2) is 9.62. The molecular weight excluding hydrogens is 378 g/mol. The highest BCUT2D eigenvalue weighted by atomic mass is 16.2. The summed E-state index contributed by atoms with van der Waals surface area (Å²) in [7, 11) is 0. The minimum Gasteiger partial charge on any atom is -0.357 e. The number of nitrogens with zero attached hydrogens (tertiary/aromatic N) is 6. The van der Waals surface area contributed by atoms with E-state index < -0.39 is 0 Å². The number of guanidine groups is 1. The van der Waals surface area contributed by atoms with Gasteiger partial charge in [-0.1, -0.05) is 12.8 Å². The average molecular weight is 414 g/mol. The monoisotopic (exact) mass is 413 g/mol. The second-order valence-corrected chi connectivity index (χ2v) is 8.78. The number of carbonyl (C=O) groups excluding carboxylic acids is 1. The van der Waals surface area contributed by atoms with Crippen LogP contribution in [0.3, 0.4) is 0 Å². The van der Waals surface area contributed by atoms with Crippen LogP contribution in [-0.2, 0) is 4.79 Å². The number of likely N-dealkylation sites (tertiary alicyclic amines) is 1. The maximum atomic E-state index is 12.7. The van der Waals surface area contributed by atoms with Crippen LogP contribution >= 0.6 is 0 Å². The van der Waals surface area contributed by atoms with Crippen molar-refractivity contribution in [1.82, 2.24) is 25.1 Å². The molecule has 0 aromatic carbocycles. The summed E-state index contributed by atoms with van der Waals surface area (Å²) in [6.45, 7) is 8.71. The fourth-order valence-electron chi connectivity index (χ4n) is 5.10. The van der Waals surface area contributed by atoms with Gasteiger partial charge in [0.2, 0.25) is 11.9 Å². The fraction of sp³-hybridized carbons (Fsp3) is 0.727. The van der Waals surface area contributed by atoms with Crippen LogP contribution in [-0.4, -0.2) is 84.0 Å². The Morgan fingerprint density at radius 1 is 1.07 bits per heavy atom. The summed E-state index contributed by atoms with van der Waals surface area (Å²) in [6, 6.07) is 1.82. The summed E-state index contributed by atoms with van der Waals surface area (Å²) in [5.74, 6) is 1.92. The molecule has 3 fully saturated rings. The summed E-state index contributed by atoms with van der Waals surface area (Å²) in [4.78, 5) is 32.6. The van der Waals surface area contributed by atoms with Crippen molar-refractivity contribution >= 4 is 17.8 Å². The van der Waals surface area contributed by atoms with Crippen LogP contribution < -0.4 is 10.2 Å². The Labute approximate surface area is 179 Å². The summed E-state index contributed by atoms with van der Waals surface area (Å²) in [6.07, 6.45) is 10.7. The molecule has 1 spiro atoms. The molecule has 4 rings (SSSR count). The zero-order valence-corrected chi connectivity index (χ0v) is 18.2. The van der Waals surface area contributed by atoms with Crippen LogP contribution in [0.25, 0.3) is 0 Å². The van der Waals surface area contributed by atoms with Gasteiger partial charge in [-0.2, -0.15) is 0 Å². The normalized spacial score (nSPS) is 21.5. The maximum absolute atomic E-state index is 12.7. The first kappa shape index (κ1) is 20.9.